The third-order valence-corrected chi connectivity index (χ3v) is 3.33. The fourth-order valence-electron chi connectivity index (χ4n) is 2.09. The number of amides is 3. The largest absolute Gasteiger partial charge is 0.491 e. The van der Waals surface area contributed by atoms with Gasteiger partial charge in [0.2, 0.25) is 5.91 Å². The van der Waals surface area contributed by atoms with Crippen LogP contribution in [0.15, 0.2) is 24.3 Å². The molecule has 1 aliphatic heterocycles. The zero-order valence-electron chi connectivity index (χ0n) is 12.5. The number of rotatable bonds is 6. The van der Waals surface area contributed by atoms with E-state index in [-0.39, 0.29) is 31.4 Å². The Bertz CT molecular complexity index is 584. The highest BCUT2D eigenvalue weighted by molar-refractivity contribution is 6.01. The fraction of sp³-hybridized carbons (Fsp3) is 0.400. The molecule has 0 radical (unpaired) electrons. The molecule has 1 aromatic rings. The minimum absolute atomic E-state index is 0.0267. The number of Topliss-reactive ketones (excluding diaryl/α,β-unsaturated/α-hetero) is 1. The SMILES string of the molecule is CC(=O)c1ccc(OCC(O)CN2C(=O)CN(C)C2=O)cc1. The van der Waals surface area contributed by atoms with E-state index in [0.29, 0.717) is 11.3 Å². The van der Waals surface area contributed by atoms with Crippen LogP contribution in [0.1, 0.15) is 17.3 Å². The molecule has 7 heteroatoms. The molecule has 1 saturated heterocycles. The molecule has 3 amide bonds. The summed E-state index contributed by atoms with van der Waals surface area (Å²) in [5.41, 5.74) is 0.573. The number of hydrogen-bond donors (Lipinski definition) is 1. The summed E-state index contributed by atoms with van der Waals surface area (Å²) in [7, 11) is 1.53. The van der Waals surface area contributed by atoms with Crippen molar-refractivity contribution in [1.82, 2.24) is 9.80 Å². The highest BCUT2D eigenvalue weighted by Gasteiger charge is 2.34. The van der Waals surface area contributed by atoms with Gasteiger partial charge in [0.25, 0.3) is 0 Å². The summed E-state index contributed by atoms with van der Waals surface area (Å²) in [5, 5.41) is 9.89. The molecule has 2 rings (SSSR count). The van der Waals surface area contributed by atoms with Gasteiger partial charge in [-0.1, -0.05) is 0 Å². The second-order valence-corrected chi connectivity index (χ2v) is 5.19. The number of imide groups is 1. The Morgan fingerprint density at radius 1 is 1.32 bits per heavy atom. The van der Waals surface area contributed by atoms with Crippen LogP contribution in [0.25, 0.3) is 0 Å². The average Bonchev–Trinajstić information content (AvgIpc) is 2.72. The van der Waals surface area contributed by atoms with Gasteiger partial charge in [0, 0.05) is 12.6 Å². The molecular formula is C15H18N2O5. The zero-order chi connectivity index (χ0) is 16.3. The Kier molecular flexibility index (Phi) is 4.77. The van der Waals surface area contributed by atoms with Crippen LogP contribution >= 0.6 is 0 Å². The van der Waals surface area contributed by atoms with Gasteiger partial charge >= 0.3 is 6.03 Å². The molecular weight excluding hydrogens is 288 g/mol. The molecule has 118 valence electrons. The zero-order valence-corrected chi connectivity index (χ0v) is 12.5. The molecule has 1 aromatic carbocycles. The number of ether oxygens (including phenoxy) is 1. The maximum Gasteiger partial charge on any atom is 0.327 e. The molecule has 0 aliphatic carbocycles. The lowest BCUT2D eigenvalue weighted by Crippen LogP contribution is -2.40. The molecule has 0 spiro atoms. The Balaban J connectivity index is 1.85. The summed E-state index contributed by atoms with van der Waals surface area (Å²) in [6.45, 7) is 1.34. The van der Waals surface area contributed by atoms with E-state index in [1.165, 1.54) is 18.9 Å². The van der Waals surface area contributed by atoms with Gasteiger partial charge in [-0.3, -0.25) is 14.5 Å². The van der Waals surface area contributed by atoms with Crippen molar-refractivity contribution in [2.24, 2.45) is 0 Å². The highest BCUT2D eigenvalue weighted by Crippen LogP contribution is 2.14. The molecule has 1 fully saturated rings. The minimum atomic E-state index is -0.980. The molecule has 22 heavy (non-hydrogen) atoms. The summed E-state index contributed by atoms with van der Waals surface area (Å²) in [6, 6.07) is 6.10. The van der Waals surface area contributed by atoms with Crippen LogP contribution < -0.4 is 4.74 Å². The molecule has 0 saturated carbocycles. The number of hydrogen-bond acceptors (Lipinski definition) is 5. The molecule has 1 heterocycles. The van der Waals surface area contributed by atoms with Crippen LogP contribution in [0, 0.1) is 0 Å². The summed E-state index contributed by atoms with van der Waals surface area (Å²) in [4.78, 5) is 36.7. The number of aliphatic hydroxyl groups is 1. The minimum Gasteiger partial charge on any atom is -0.491 e. The van der Waals surface area contributed by atoms with Gasteiger partial charge in [0.1, 0.15) is 25.0 Å². The lowest BCUT2D eigenvalue weighted by molar-refractivity contribution is -0.126. The third-order valence-electron chi connectivity index (χ3n) is 3.33. The van der Waals surface area contributed by atoms with Crippen molar-refractivity contribution in [3.63, 3.8) is 0 Å². The Labute approximate surface area is 128 Å². The van der Waals surface area contributed by atoms with E-state index >= 15 is 0 Å². The van der Waals surface area contributed by atoms with E-state index in [0.717, 1.165) is 4.90 Å². The van der Waals surface area contributed by atoms with Crippen molar-refractivity contribution < 1.29 is 24.2 Å². The van der Waals surface area contributed by atoms with Crippen LogP contribution in [0.3, 0.4) is 0 Å². The molecule has 7 nitrogen and oxygen atoms in total. The van der Waals surface area contributed by atoms with Crippen LogP contribution in [0.5, 0.6) is 5.75 Å². The van der Waals surface area contributed by atoms with Gasteiger partial charge in [0.15, 0.2) is 5.78 Å². The number of carbonyl (C=O) groups excluding carboxylic acids is 3. The van der Waals surface area contributed by atoms with Crippen molar-refractivity contribution in [1.29, 1.82) is 0 Å². The van der Waals surface area contributed by atoms with Crippen LogP contribution in [-0.2, 0) is 4.79 Å². The second kappa shape index (κ2) is 6.57. The highest BCUT2D eigenvalue weighted by atomic mass is 16.5. The average molecular weight is 306 g/mol. The summed E-state index contributed by atoms with van der Waals surface area (Å²) in [5.74, 6) is 0.124. The summed E-state index contributed by atoms with van der Waals surface area (Å²) >= 11 is 0. The first-order valence-electron chi connectivity index (χ1n) is 6.86. The smallest absolute Gasteiger partial charge is 0.327 e. The maximum absolute atomic E-state index is 11.7. The number of ketones is 1. The van der Waals surface area contributed by atoms with Crippen molar-refractivity contribution in [3.05, 3.63) is 29.8 Å². The lowest BCUT2D eigenvalue weighted by Gasteiger charge is -2.18. The van der Waals surface area contributed by atoms with Crippen LogP contribution in [0.2, 0.25) is 0 Å². The fourth-order valence-corrected chi connectivity index (χ4v) is 2.09. The van der Waals surface area contributed by atoms with E-state index in [1.54, 1.807) is 24.3 Å². The number of benzene rings is 1. The Morgan fingerprint density at radius 3 is 2.45 bits per heavy atom. The Hall–Kier alpha value is -2.41. The monoisotopic (exact) mass is 306 g/mol. The van der Waals surface area contributed by atoms with Crippen molar-refractivity contribution >= 4 is 17.7 Å². The Morgan fingerprint density at radius 2 is 1.95 bits per heavy atom. The predicted molar refractivity (Wildman–Crippen MR) is 77.7 cm³/mol. The molecule has 1 unspecified atom stereocenters. The van der Waals surface area contributed by atoms with E-state index in [9.17, 15) is 19.5 Å². The molecule has 0 bridgehead atoms. The number of likely N-dealkylation sites (N-methyl/N-ethyl adjacent to an activating group) is 1. The number of nitrogens with zero attached hydrogens (tertiary/aromatic N) is 2. The molecule has 1 aliphatic rings. The van der Waals surface area contributed by atoms with Crippen LogP contribution in [0.4, 0.5) is 4.79 Å². The first-order valence-corrected chi connectivity index (χ1v) is 6.86. The molecule has 1 atom stereocenters. The van der Waals surface area contributed by atoms with Crippen molar-refractivity contribution in [3.8, 4) is 5.75 Å². The number of urea groups is 1. The first-order chi connectivity index (χ1) is 10.4. The first kappa shape index (κ1) is 16.0. The topological polar surface area (TPSA) is 87.2 Å². The molecule has 0 aromatic heterocycles. The number of carbonyl (C=O) groups is 3. The van der Waals surface area contributed by atoms with Crippen molar-refractivity contribution in [2.75, 3.05) is 26.7 Å². The van der Waals surface area contributed by atoms with Crippen LogP contribution in [-0.4, -0.2) is 65.5 Å². The quantitative estimate of drug-likeness (QED) is 0.611. The van der Waals surface area contributed by atoms with Gasteiger partial charge in [-0.2, -0.15) is 0 Å². The van der Waals surface area contributed by atoms with E-state index < -0.39 is 12.1 Å². The predicted octanol–water partition coefficient (Wildman–Crippen LogP) is 0.523. The van der Waals surface area contributed by atoms with E-state index in [4.69, 9.17) is 4.74 Å². The third kappa shape index (κ3) is 3.62. The maximum atomic E-state index is 11.7. The van der Waals surface area contributed by atoms with Gasteiger partial charge < -0.3 is 14.7 Å². The van der Waals surface area contributed by atoms with Gasteiger partial charge in [-0.15, -0.1) is 0 Å². The normalized spacial score (nSPS) is 16.1. The lowest BCUT2D eigenvalue weighted by atomic mass is 10.1. The van der Waals surface area contributed by atoms with E-state index in [2.05, 4.69) is 0 Å². The van der Waals surface area contributed by atoms with Gasteiger partial charge in [0.05, 0.1) is 6.54 Å². The second-order valence-electron chi connectivity index (χ2n) is 5.19. The van der Waals surface area contributed by atoms with Crippen molar-refractivity contribution in [2.45, 2.75) is 13.0 Å². The van der Waals surface area contributed by atoms with Gasteiger partial charge in [-0.25, -0.2) is 4.79 Å². The standard InChI is InChI=1S/C15H18N2O5/c1-10(18)11-3-5-13(6-4-11)22-9-12(19)7-17-14(20)8-16(2)15(17)21/h3-6,12,19H,7-9H2,1-2H3. The van der Waals surface area contributed by atoms with Gasteiger partial charge in [-0.05, 0) is 31.2 Å². The molecule has 1 N–H and O–H groups in total. The summed E-state index contributed by atoms with van der Waals surface area (Å²) < 4.78 is 5.39. The van der Waals surface area contributed by atoms with E-state index in [1.807, 2.05) is 0 Å². The summed E-state index contributed by atoms with van der Waals surface area (Å²) in [6.07, 6.45) is -0.980. The number of β-amino-alcohol motifs (C(OH)–C–C–N with tert-alkyl or cyclic N) is 1. The number of aliphatic hydroxyl groups excluding tert-OH is 1.